The molecule has 0 amide bonds. The van der Waals surface area contributed by atoms with Crippen LogP contribution in [0.15, 0.2) is 41.4 Å². The summed E-state index contributed by atoms with van der Waals surface area (Å²) in [6.07, 6.45) is 2.82. The van der Waals surface area contributed by atoms with Crippen LogP contribution >= 0.6 is 0 Å². The van der Waals surface area contributed by atoms with Gasteiger partial charge in [0.2, 0.25) is 10.0 Å². The van der Waals surface area contributed by atoms with Gasteiger partial charge in [-0.05, 0) is 30.7 Å². The molecule has 1 heterocycles. The number of benzene rings is 1. The van der Waals surface area contributed by atoms with E-state index >= 15 is 0 Å². The Morgan fingerprint density at radius 2 is 2.14 bits per heavy atom. The van der Waals surface area contributed by atoms with Crippen molar-refractivity contribution >= 4 is 26.8 Å². The highest BCUT2D eigenvalue weighted by atomic mass is 32.2. The number of rotatable bonds is 6. The third kappa shape index (κ3) is 3.37. The molecule has 1 aromatic carbocycles. The SMILES string of the molecule is CCCC(NS(=O)(=O)c1cccc2ncccc12)C(=N)N. The molecule has 0 spiro atoms. The first-order valence-electron chi connectivity index (χ1n) is 6.65. The van der Waals surface area contributed by atoms with Gasteiger partial charge in [-0.1, -0.05) is 19.4 Å². The fraction of sp³-hybridized carbons (Fsp3) is 0.286. The van der Waals surface area contributed by atoms with Crippen LogP contribution in [0.1, 0.15) is 19.8 Å². The molecule has 6 nitrogen and oxygen atoms in total. The normalized spacial score (nSPS) is 13.2. The van der Waals surface area contributed by atoms with E-state index < -0.39 is 16.1 Å². The summed E-state index contributed by atoms with van der Waals surface area (Å²) in [6, 6.07) is 7.63. The average Bonchev–Trinajstić information content (AvgIpc) is 2.46. The van der Waals surface area contributed by atoms with Crippen LogP contribution in [0.3, 0.4) is 0 Å². The van der Waals surface area contributed by atoms with Gasteiger partial charge in [-0.15, -0.1) is 0 Å². The Morgan fingerprint density at radius 3 is 2.81 bits per heavy atom. The predicted molar refractivity (Wildman–Crippen MR) is 82.7 cm³/mol. The maximum Gasteiger partial charge on any atom is 0.241 e. The van der Waals surface area contributed by atoms with Gasteiger partial charge in [0.05, 0.1) is 16.5 Å². The Bertz CT molecular complexity index is 753. The number of aromatic nitrogens is 1. The molecule has 2 aromatic rings. The van der Waals surface area contributed by atoms with E-state index in [1.54, 1.807) is 30.5 Å². The van der Waals surface area contributed by atoms with Crippen LogP contribution in [0.2, 0.25) is 0 Å². The first-order chi connectivity index (χ1) is 9.95. The van der Waals surface area contributed by atoms with Gasteiger partial charge in [0.25, 0.3) is 0 Å². The maximum absolute atomic E-state index is 12.5. The summed E-state index contributed by atoms with van der Waals surface area (Å²) < 4.78 is 27.6. The maximum atomic E-state index is 12.5. The quantitative estimate of drug-likeness (QED) is 0.556. The monoisotopic (exact) mass is 306 g/mol. The third-order valence-electron chi connectivity index (χ3n) is 3.15. The first-order valence-corrected chi connectivity index (χ1v) is 8.14. The molecule has 0 aliphatic heterocycles. The fourth-order valence-corrected chi connectivity index (χ4v) is 3.59. The summed E-state index contributed by atoms with van der Waals surface area (Å²) >= 11 is 0. The Kier molecular flexibility index (Phi) is 4.54. The van der Waals surface area contributed by atoms with Crippen molar-refractivity contribution in [3.8, 4) is 0 Å². The molecule has 0 aliphatic carbocycles. The zero-order valence-electron chi connectivity index (χ0n) is 11.7. The molecule has 112 valence electrons. The average molecular weight is 306 g/mol. The number of sulfonamides is 1. The Balaban J connectivity index is 2.44. The molecule has 4 N–H and O–H groups in total. The summed E-state index contributed by atoms with van der Waals surface area (Å²) in [5.41, 5.74) is 6.07. The van der Waals surface area contributed by atoms with Gasteiger partial charge in [0.1, 0.15) is 5.84 Å². The highest BCUT2D eigenvalue weighted by molar-refractivity contribution is 7.89. The lowest BCUT2D eigenvalue weighted by molar-refractivity contribution is 0.566. The molecule has 1 aromatic heterocycles. The molecule has 0 bridgehead atoms. The van der Waals surface area contributed by atoms with Crippen molar-refractivity contribution in [2.75, 3.05) is 0 Å². The number of pyridine rings is 1. The summed E-state index contributed by atoms with van der Waals surface area (Å²) in [4.78, 5) is 4.30. The molecule has 0 aliphatic rings. The van der Waals surface area contributed by atoms with E-state index in [4.69, 9.17) is 11.1 Å². The second kappa shape index (κ2) is 6.19. The molecular weight excluding hydrogens is 288 g/mol. The lowest BCUT2D eigenvalue weighted by Crippen LogP contribution is -2.43. The van der Waals surface area contributed by atoms with E-state index in [1.165, 1.54) is 6.07 Å². The van der Waals surface area contributed by atoms with Gasteiger partial charge in [-0.25, -0.2) is 13.1 Å². The molecule has 0 radical (unpaired) electrons. The molecule has 2 rings (SSSR count). The van der Waals surface area contributed by atoms with Crippen LogP contribution in [0.5, 0.6) is 0 Å². The first kappa shape index (κ1) is 15.4. The number of nitrogens with one attached hydrogen (secondary N) is 2. The minimum atomic E-state index is -3.76. The van der Waals surface area contributed by atoms with Crippen molar-refractivity contribution in [2.24, 2.45) is 5.73 Å². The van der Waals surface area contributed by atoms with Crippen molar-refractivity contribution in [3.05, 3.63) is 36.5 Å². The van der Waals surface area contributed by atoms with E-state index in [2.05, 4.69) is 9.71 Å². The number of hydrogen-bond donors (Lipinski definition) is 3. The number of hydrogen-bond acceptors (Lipinski definition) is 4. The van der Waals surface area contributed by atoms with Gasteiger partial charge < -0.3 is 5.73 Å². The summed E-state index contributed by atoms with van der Waals surface area (Å²) in [6.45, 7) is 1.91. The van der Waals surface area contributed by atoms with Gasteiger partial charge >= 0.3 is 0 Å². The van der Waals surface area contributed by atoms with E-state index in [1.807, 2.05) is 6.92 Å². The number of fused-ring (bicyclic) bond motifs is 1. The van der Waals surface area contributed by atoms with E-state index in [9.17, 15) is 8.42 Å². The van der Waals surface area contributed by atoms with Crippen LogP contribution in [0.4, 0.5) is 0 Å². The van der Waals surface area contributed by atoms with Crippen molar-refractivity contribution in [1.82, 2.24) is 9.71 Å². The van der Waals surface area contributed by atoms with Gasteiger partial charge in [-0.2, -0.15) is 0 Å². The highest BCUT2D eigenvalue weighted by Crippen LogP contribution is 2.21. The topological polar surface area (TPSA) is 109 Å². The Hall–Kier alpha value is -1.99. The summed E-state index contributed by atoms with van der Waals surface area (Å²) in [5.74, 6) is -0.182. The van der Waals surface area contributed by atoms with Crippen molar-refractivity contribution < 1.29 is 8.42 Å². The summed E-state index contributed by atoms with van der Waals surface area (Å²) in [5, 5.41) is 8.05. The van der Waals surface area contributed by atoms with E-state index in [0.29, 0.717) is 17.3 Å². The second-order valence-corrected chi connectivity index (χ2v) is 6.43. The predicted octanol–water partition coefficient (Wildman–Crippen LogP) is 1.62. The molecule has 7 heteroatoms. The van der Waals surface area contributed by atoms with Crippen LogP contribution < -0.4 is 10.5 Å². The molecular formula is C14H18N4O2S. The smallest absolute Gasteiger partial charge is 0.241 e. The number of nitrogens with two attached hydrogens (primary N) is 1. The highest BCUT2D eigenvalue weighted by Gasteiger charge is 2.23. The number of nitrogens with zero attached hydrogens (tertiary/aromatic N) is 1. The zero-order chi connectivity index (χ0) is 15.5. The zero-order valence-corrected chi connectivity index (χ0v) is 12.5. The molecule has 1 atom stereocenters. The fourth-order valence-electron chi connectivity index (χ4n) is 2.13. The molecule has 0 saturated heterocycles. The van der Waals surface area contributed by atoms with Crippen molar-refractivity contribution in [3.63, 3.8) is 0 Å². The molecule has 1 unspecified atom stereocenters. The lowest BCUT2D eigenvalue weighted by Gasteiger charge is -2.17. The van der Waals surface area contributed by atoms with E-state index in [0.717, 1.165) is 6.42 Å². The molecule has 21 heavy (non-hydrogen) atoms. The Morgan fingerprint density at radius 1 is 1.38 bits per heavy atom. The van der Waals surface area contributed by atoms with Crippen molar-refractivity contribution in [2.45, 2.75) is 30.7 Å². The molecule has 0 saturated carbocycles. The van der Waals surface area contributed by atoms with Crippen LogP contribution in [0, 0.1) is 5.41 Å². The van der Waals surface area contributed by atoms with Crippen LogP contribution in [-0.2, 0) is 10.0 Å². The third-order valence-corrected chi connectivity index (χ3v) is 4.68. The van der Waals surface area contributed by atoms with Gasteiger partial charge in [-0.3, -0.25) is 10.4 Å². The van der Waals surface area contributed by atoms with E-state index in [-0.39, 0.29) is 10.7 Å². The number of amidine groups is 1. The van der Waals surface area contributed by atoms with Crippen molar-refractivity contribution in [1.29, 1.82) is 5.41 Å². The van der Waals surface area contributed by atoms with Crippen LogP contribution in [-0.4, -0.2) is 25.3 Å². The minimum absolute atomic E-state index is 0.149. The second-order valence-electron chi connectivity index (χ2n) is 4.74. The largest absolute Gasteiger partial charge is 0.386 e. The Labute approximate surface area is 123 Å². The summed E-state index contributed by atoms with van der Waals surface area (Å²) in [7, 11) is -3.76. The minimum Gasteiger partial charge on any atom is -0.386 e. The van der Waals surface area contributed by atoms with Crippen LogP contribution in [0.25, 0.3) is 10.9 Å². The standard InChI is InChI=1S/C14H18N4O2S/c1-2-5-12(14(15)16)18-21(19,20)13-8-3-7-11-10(13)6-4-9-17-11/h3-4,6-9,12,18H,2,5H2,1H3,(H3,15,16). The molecule has 0 fully saturated rings. The van der Waals surface area contributed by atoms with Gasteiger partial charge in [0, 0.05) is 11.6 Å². The lowest BCUT2D eigenvalue weighted by atomic mass is 10.2. The van der Waals surface area contributed by atoms with Gasteiger partial charge in [0.15, 0.2) is 0 Å².